The summed E-state index contributed by atoms with van der Waals surface area (Å²) in [5.41, 5.74) is 2.90. The van der Waals surface area contributed by atoms with Crippen molar-refractivity contribution in [3.8, 4) is 17.2 Å². The van der Waals surface area contributed by atoms with Gasteiger partial charge in [0.05, 0.1) is 0 Å². The molecule has 0 aromatic heterocycles. The maximum Gasteiger partial charge on any atom is 0.203 e. The first-order valence-corrected chi connectivity index (χ1v) is 8.68. The smallest absolute Gasteiger partial charge is 0.203 e. The highest BCUT2D eigenvalue weighted by Gasteiger charge is 2.52. The van der Waals surface area contributed by atoms with Crippen LogP contribution in [0.2, 0.25) is 0 Å². The number of aromatic hydroxyl groups is 1. The quantitative estimate of drug-likeness (QED) is 0.773. The van der Waals surface area contributed by atoms with Crippen LogP contribution >= 0.6 is 0 Å². The summed E-state index contributed by atoms with van der Waals surface area (Å²) in [6.45, 7) is 2.20. The summed E-state index contributed by atoms with van der Waals surface area (Å²) in [4.78, 5) is 0. The molecule has 22 heavy (non-hydrogen) atoms. The van der Waals surface area contributed by atoms with Crippen LogP contribution in [-0.2, 0) is 11.8 Å². The van der Waals surface area contributed by atoms with E-state index in [4.69, 9.17) is 9.47 Å². The molecule has 1 unspecified atom stereocenters. The number of benzene rings is 1. The number of nitrogens with one attached hydrogen (secondary N) is 1. The molecule has 0 amide bonds. The lowest BCUT2D eigenvalue weighted by molar-refractivity contribution is 0.0760. The SMILES string of the molecule is Oc1cc2c(c3c1OCCO3)C[C@@H]1NCC[C@]23CCCCC13. The summed E-state index contributed by atoms with van der Waals surface area (Å²) in [6.07, 6.45) is 7.40. The number of hydrogen-bond donors (Lipinski definition) is 2. The summed E-state index contributed by atoms with van der Waals surface area (Å²) in [6, 6.07) is 2.56. The van der Waals surface area contributed by atoms with Crippen molar-refractivity contribution in [1.82, 2.24) is 5.32 Å². The van der Waals surface area contributed by atoms with Crippen LogP contribution in [0.25, 0.3) is 0 Å². The van der Waals surface area contributed by atoms with Gasteiger partial charge in [-0.05, 0) is 49.8 Å². The Balaban J connectivity index is 1.75. The summed E-state index contributed by atoms with van der Waals surface area (Å²) in [7, 11) is 0. The van der Waals surface area contributed by atoms with Gasteiger partial charge in [-0.2, -0.15) is 0 Å². The second-order valence-electron chi connectivity index (χ2n) is 7.30. The monoisotopic (exact) mass is 301 g/mol. The van der Waals surface area contributed by atoms with Gasteiger partial charge in [0.15, 0.2) is 11.5 Å². The Hall–Kier alpha value is -1.42. The fourth-order valence-corrected chi connectivity index (χ4v) is 5.58. The van der Waals surface area contributed by atoms with Gasteiger partial charge >= 0.3 is 0 Å². The van der Waals surface area contributed by atoms with Gasteiger partial charge in [0.25, 0.3) is 0 Å². The zero-order chi connectivity index (χ0) is 14.7. The molecule has 2 aliphatic heterocycles. The molecule has 3 atom stereocenters. The lowest BCUT2D eigenvalue weighted by Gasteiger charge is -2.56. The molecule has 0 spiro atoms. The van der Waals surface area contributed by atoms with Crippen molar-refractivity contribution < 1.29 is 14.6 Å². The van der Waals surface area contributed by atoms with Crippen LogP contribution in [0, 0.1) is 5.92 Å². The molecule has 1 saturated carbocycles. The minimum atomic E-state index is 0.245. The Morgan fingerprint density at radius 3 is 2.91 bits per heavy atom. The van der Waals surface area contributed by atoms with E-state index in [1.807, 2.05) is 6.07 Å². The first-order valence-electron chi connectivity index (χ1n) is 8.68. The van der Waals surface area contributed by atoms with Crippen LogP contribution < -0.4 is 14.8 Å². The van der Waals surface area contributed by atoms with Crippen LogP contribution in [0.1, 0.15) is 43.2 Å². The molecule has 2 N–H and O–H groups in total. The van der Waals surface area contributed by atoms with Crippen LogP contribution in [-0.4, -0.2) is 30.9 Å². The third kappa shape index (κ3) is 1.56. The molecule has 2 bridgehead atoms. The van der Waals surface area contributed by atoms with Crippen molar-refractivity contribution in [1.29, 1.82) is 0 Å². The van der Waals surface area contributed by atoms with Gasteiger partial charge in [-0.1, -0.05) is 12.8 Å². The first-order chi connectivity index (χ1) is 10.8. The Morgan fingerprint density at radius 2 is 2.00 bits per heavy atom. The molecule has 4 nitrogen and oxygen atoms in total. The summed E-state index contributed by atoms with van der Waals surface area (Å²) in [5.74, 6) is 2.36. The van der Waals surface area contributed by atoms with Crippen LogP contribution in [0.15, 0.2) is 6.07 Å². The summed E-state index contributed by atoms with van der Waals surface area (Å²) < 4.78 is 11.6. The molecule has 1 aromatic rings. The van der Waals surface area contributed by atoms with Crippen LogP contribution in [0.4, 0.5) is 0 Å². The fourth-order valence-electron chi connectivity index (χ4n) is 5.58. The van der Waals surface area contributed by atoms with E-state index in [0.717, 1.165) is 18.7 Å². The normalized spacial score (nSPS) is 35.5. The summed E-state index contributed by atoms with van der Waals surface area (Å²) in [5, 5.41) is 14.2. The molecule has 1 aromatic carbocycles. The topological polar surface area (TPSA) is 50.7 Å². The van der Waals surface area contributed by atoms with Crippen molar-refractivity contribution in [3.63, 3.8) is 0 Å². The standard InChI is InChI=1S/C18H23NO3/c20-15-10-13-11(16-17(15)22-8-7-21-16)9-14-12-3-1-2-4-18(12,13)5-6-19-14/h10,12,14,19-20H,1-9H2/t12?,14-,18-/m0/s1. The second-order valence-corrected chi connectivity index (χ2v) is 7.30. The van der Waals surface area contributed by atoms with Gasteiger partial charge in [-0.15, -0.1) is 0 Å². The number of ether oxygens (including phenoxy) is 2. The minimum absolute atomic E-state index is 0.245. The van der Waals surface area contributed by atoms with E-state index < -0.39 is 0 Å². The molecule has 2 aliphatic carbocycles. The van der Waals surface area contributed by atoms with E-state index >= 15 is 0 Å². The highest BCUT2D eigenvalue weighted by molar-refractivity contribution is 5.62. The Morgan fingerprint density at radius 1 is 1.14 bits per heavy atom. The van der Waals surface area contributed by atoms with Gasteiger partial charge in [0.2, 0.25) is 5.75 Å². The largest absolute Gasteiger partial charge is 0.504 e. The molecule has 2 fully saturated rings. The van der Waals surface area contributed by atoms with Crippen molar-refractivity contribution in [2.75, 3.05) is 19.8 Å². The van der Waals surface area contributed by atoms with E-state index in [0.29, 0.717) is 30.9 Å². The van der Waals surface area contributed by atoms with E-state index in [2.05, 4.69) is 5.32 Å². The van der Waals surface area contributed by atoms with Crippen LogP contribution in [0.3, 0.4) is 0 Å². The molecular formula is C18H23NO3. The van der Waals surface area contributed by atoms with Gasteiger partial charge in [0, 0.05) is 17.0 Å². The molecule has 2 heterocycles. The predicted octanol–water partition coefficient (Wildman–Crippen LogP) is 2.51. The molecular weight excluding hydrogens is 278 g/mol. The third-order valence-electron chi connectivity index (χ3n) is 6.42. The number of rotatable bonds is 0. The molecule has 1 saturated heterocycles. The maximum atomic E-state index is 10.5. The number of phenols is 1. The molecule has 0 radical (unpaired) electrons. The lowest BCUT2D eigenvalue weighted by Crippen LogP contribution is -2.59. The predicted molar refractivity (Wildman–Crippen MR) is 82.8 cm³/mol. The van der Waals surface area contributed by atoms with Crippen molar-refractivity contribution in [2.24, 2.45) is 5.92 Å². The summed E-state index contributed by atoms with van der Waals surface area (Å²) >= 11 is 0. The van der Waals surface area contributed by atoms with Crippen molar-refractivity contribution in [2.45, 2.75) is 50.0 Å². The molecule has 4 heteroatoms. The highest BCUT2D eigenvalue weighted by Crippen LogP contribution is 2.58. The Kier molecular flexibility index (Phi) is 2.70. The number of phenolic OH excluding ortho intramolecular Hbond substituents is 1. The Bertz CT molecular complexity index is 625. The van der Waals surface area contributed by atoms with Gasteiger partial charge in [-0.25, -0.2) is 0 Å². The van der Waals surface area contributed by atoms with E-state index in [1.54, 1.807) is 0 Å². The first kappa shape index (κ1) is 13.1. The second kappa shape index (κ2) is 4.54. The van der Waals surface area contributed by atoms with Crippen LogP contribution in [0.5, 0.6) is 17.2 Å². The van der Waals surface area contributed by atoms with E-state index in [9.17, 15) is 5.11 Å². The zero-order valence-corrected chi connectivity index (χ0v) is 12.9. The average molecular weight is 301 g/mol. The lowest BCUT2D eigenvalue weighted by atomic mass is 9.52. The van der Waals surface area contributed by atoms with Crippen molar-refractivity contribution >= 4 is 0 Å². The van der Waals surface area contributed by atoms with E-state index in [-0.39, 0.29) is 11.2 Å². The number of piperidine rings is 1. The average Bonchev–Trinajstić information content (AvgIpc) is 2.56. The van der Waals surface area contributed by atoms with Gasteiger partial charge in [0.1, 0.15) is 13.2 Å². The highest BCUT2D eigenvalue weighted by atomic mass is 16.6. The minimum Gasteiger partial charge on any atom is -0.504 e. The maximum absolute atomic E-state index is 10.5. The third-order valence-corrected chi connectivity index (χ3v) is 6.42. The number of fused-ring (bicyclic) bond motifs is 3. The van der Waals surface area contributed by atoms with E-state index in [1.165, 1.54) is 43.2 Å². The van der Waals surface area contributed by atoms with Gasteiger partial charge in [-0.3, -0.25) is 0 Å². The van der Waals surface area contributed by atoms with Crippen molar-refractivity contribution in [3.05, 3.63) is 17.2 Å². The fraction of sp³-hybridized carbons (Fsp3) is 0.667. The molecule has 5 rings (SSSR count). The zero-order valence-electron chi connectivity index (χ0n) is 12.9. The Labute approximate surface area is 130 Å². The number of hydrogen-bond acceptors (Lipinski definition) is 4. The molecule has 118 valence electrons. The van der Waals surface area contributed by atoms with Gasteiger partial charge < -0.3 is 19.9 Å². The molecule has 4 aliphatic rings.